The Hall–Kier alpha value is -1.47. The molecule has 0 bridgehead atoms. The number of hydrogen-bond donors (Lipinski definition) is 1. The molecule has 1 aliphatic carbocycles. The van der Waals surface area contributed by atoms with Gasteiger partial charge in [0.25, 0.3) is 0 Å². The molecule has 5 nitrogen and oxygen atoms in total. The molecule has 1 aromatic carbocycles. The Morgan fingerprint density at radius 2 is 1.65 bits per heavy atom. The van der Waals surface area contributed by atoms with Crippen LogP contribution in [0, 0.1) is 5.82 Å². The van der Waals surface area contributed by atoms with E-state index in [1.165, 1.54) is 16.4 Å². The van der Waals surface area contributed by atoms with Crippen LogP contribution >= 0.6 is 0 Å². The van der Waals surface area contributed by atoms with Crippen molar-refractivity contribution in [1.29, 1.82) is 0 Å². The third-order valence-electron chi connectivity index (χ3n) is 4.92. The molecule has 7 heteroatoms. The normalized spacial score (nSPS) is 21.4. The van der Waals surface area contributed by atoms with Crippen LogP contribution in [0.15, 0.2) is 24.3 Å². The first-order valence-electron chi connectivity index (χ1n) is 8.02. The Bertz CT molecular complexity index is 678. The monoisotopic (exact) mass is 340 g/mol. The molecule has 3 rings (SSSR count). The van der Waals surface area contributed by atoms with Gasteiger partial charge in [0.1, 0.15) is 5.82 Å². The number of nitrogens with zero attached hydrogens (tertiary/aromatic N) is 1. The molecule has 0 atom stereocenters. The van der Waals surface area contributed by atoms with Gasteiger partial charge in [0.15, 0.2) is 0 Å². The minimum Gasteiger partial charge on any atom is -0.273 e. The SMILES string of the molecule is O=C(NS(=O)(=O)N1CCCCC1)C1(c2ccc(F)cc2)CCC1. The van der Waals surface area contributed by atoms with E-state index < -0.39 is 21.5 Å². The molecule has 23 heavy (non-hydrogen) atoms. The maximum absolute atomic E-state index is 13.1. The second-order valence-electron chi connectivity index (χ2n) is 6.34. The summed E-state index contributed by atoms with van der Waals surface area (Å²) in [5.74, 6) is -0.870. The molecule has 0 unspecified atom stereocenters. The van der Waals surface area contributed by atoms with Crippen molar-refractivity contribution in [3.05, 3.63) is 35.6 Å². The highest BCUT2D eigenvalue weighted by Crippen LogP contribution is 2.44. The molecule has 1 heterocycles. The summed E-state index contributed by atoms with van der Waals surface area (Å²) in [6.45, 7) is 0.901. The van der Waals surface area contributed by atoms with Gasteiger partial charge in [0.05, 0.1) is 5.41 Å². The van der Waals surface area contributed by atoms with Gasteiger partial charge in [-0.05, 0) is 43.4 Å². The average Bonchev–Trinajstić information content (AvgIpc) is 2.48. The molecule has 2 aliphatic rings. The van der Waals surface area contributed by atoms with Crippen molar-refractivity contribution >= 4 is 16.1 Å². The highest BCUT2D eigenvalue weighted by molar-refractivity contribution is 7.87. The van der Waals surface area contributed by atoms with Crippen LogP contribution in [0.3, 0.4) is 0 Å². The van der Waals surface area contributed by atoms with E-state index >= 15 is 0 Å². The highest BCUT2D eigenvalue weighted by atomic mass is 32.2. The van der Waals surface area contributed by atoms with Gasteiger partial charge in [0.2, 0.25) is 5.91 Å². The number of nitrogens with one attached hydrogen (secondary N) is 1. The van der Waals surface area contributed by atoms with Crippen LogP contribution in [-0.4, -0.2) is 31.7 Å². The molecule has 1 amide bonds. The number of carbonyl (C=O) groups excluding carboxylic acids is 1. The molecule has 1 saturated heterocycles. The Morgan fingerprint density at radius 1 is 1.04 bits per heavy atom. The van der Waals surface area contributed by atoms with Crippen LogP contribution in [0.4, 0.5) is 4.39 Å². The third kappa shape index (κ3) is 3.12. The molecule has 1 aliphatic heterocycles. The Labute approximate surface area is 136 Å². The topological polar surface area (TPSA) is 66.5 Å². The van der Waals surface area contributed by atoms with Gasteiger partial charge in [-0.3, -0.25) is 4.79 Å². The summed E-state index contributed by atoms with van der Waals surface area (Å²) < 4.78 is 41.5. The van der Waals surface area contributed by atoms with Gasteiger partial charge >= 0.3 is 10.2 Å². The number of hydrogen-bond acceptors (Lipinski definition) is 3. The minimum absolute atomic E-state index is 0.371. The zero-order valence-electron chi connectivity index (χ0n) is 12.9. The van der Waals surface area contributed by atoms with Gasteiger partial charge in [0, 0.05) is 13.1 Å². The summed E-state index contributed by atoms with van der Waals surface area (Å²) in [4.78, 5) is 12.7. The smallest absolute Gasteiger partial charge is 0.273 e. The van der Waals surface area contributed by atoms with E-state index in [1.54, 1.807) is 12.1 Å². The Balaban J connectivity index is 1.79. The lowest BCUT2D eigenvalue weighted by Gasteiger charge is -2.41. The molecule has 2 fully saturated rings. The van der Waals surface area contributed by atoms with Crippen LogP contribution in [0.5, 0.6) is 0 Å². The molecule has 0 radical (unpaired) electrons. The van der Waals surface area contributed by atoms with E-state index in [1.807, 2.05) is 0 Å². The second kappa shape index (κ2) is 6.20. The largest absolute Gasteiger partial charge is 0.303 e. The number of benzene rings is 1. The van der Waals surface area contributed by atoms with Gasteiger partial charge < -0.3 is 0 Å². The summed E-state index contributed by atoms with van der Waals surface area (Å²) in [5.41, 5.74) is -0.173. The standard InChI is InChI=1S/C16H21FN2O3S/c17-14-7-5-13(6-8-14)16(9-4-10-16)15(20)18-23(21,22)19-11-2-1-3-12-19/h5-8H,1-4,9-12H2,(H,18,20). The predicted octanol–water partition coefficient (Wildman–Crippen LogP) is 2.09. The average molecular weight is 340 g/mol. The van der Waals surface area contributed by atoms with Crippen molar-refractivity contribution in [1.82, 2.24) is 9.03 Å². The molecule has 0 aromatic heterocycles. The molecule has 1 saturated carbocycles. The summed E-state index contributed by atoms with van der Waals surface area (Å²) in [7, 11) is -3.80. The van der Waals surface area contributed by atoms with Crippen LogP contribution in [0.2, 0.25) is 0 Å². The zero-order valence-corrected chi connectivity index (χ0v) is 13.7. The molecule has 126 valence electrons. The fourth-order valence-electron chi connectivity index (χ4n) is 3.33. The quantitative estimate of drug-likeness (QED) is 0.913. The Morgan fingerprint density at radius 3 is 2.17 bits per heavy atom. The molecule has 0 spiro atoms. The number of piperidine rings is 1. The van der Waals surface area contributed by atoms with E-state index in [2.05, 4.69) is 4.72 Å². The lowest BCUT2D eigenvalue weighted by Crippen LogP contribution is -2.54. The van der Waals surface area contributed by atoms with E-state index in [9.17, 15) is 17.6 Å². The van der Waals surface area contributed by atoms with Crippen LogP contribution < -0.4 is 4.72 Å². The fourth-order valence-corrected chi connectivity index (χ4v) is 4.63. The van der Waals surface area contributed by atoms with E-state index in [4.69, 9.17) is 0 Å². The predicted molar refractivity (Wildman–Crippen MR) is 84.4 cm³/mol. The summed E-state index contributed by atoms with van der Waals surface area (Å²) in [6.07, 6.45) is 4.67. The van der Waals surface area contributed by atoms with Gasteiger partial charge in [-0.2, -0.15) is 12.7 Å². The summed E-state index contributed by atoms with van der Waals surface area (Å²) in [5, 5.41) is 0. The Kier molecular flexibility index (Phi) is 4.42. The lowest BCUT2D eigenvalue weighted by molar-refractivity contribution is -0.128. The molecule has 1 N–H and O–H groups in total. The number of rotatable bonds is 4. The second-order valence-corrected chi connectivity index (χ2v) is 8.01. The third-order valence-corrected chi connectivity index (χ3v) is 6.40. The van der Waals surface area contributed by atoms with Crippen molar-refractivity contribution in [3.8, 4) is 0 Å². The van der Waals surface area contributed by atoms with Crippen molar-refractivity contribution < 1.29 is 17.6 Å². The van der Waals surface area contributed by atoms with Crippen LogP contribution in [0.25, 0.3) is 0 Å². The maximum Gasteiger partial charge on any atom is 0.303 e. The summed E-state index contributed by atoms with van der Waals surface area (Å²) >= 11 is 0. The van der Waals surface area contributed by atoms with Crippen LogP contribution in [0.1, 0.15) is 44.1 Å². The van der Waals surface area contributed by atoms with E-state index in [0.29, 0.717) is 31.5 Å². The number of halogens is 1. The molecular formula is C16H21FN2O3S. The fraction of sp³-hybridized carbons (Fsp3) is 0.562. The zero-order chi connectivity index (χ0) is 16.5. The van der Waals surface area contributed by atoms with Crippen molar-refractivity contribution in [2.24, 2.45) is 0 Å². The van der Waals surface area contributed by atoms with Crippen molar-refractivity contribution in [2.75, 3.05) is 13.1 Å². The first kappa shape index (κ1) is 16.4. The van der Waals surface area contributed by atoms with E-state index in [-0.39, 0.29) is 5.82 Å². The molecular weight excluding hydrogens is 319 g/mol. The number of carbonyl (C=O) groups is 1. The summed E-state index contributed by atoms with van der Waals surface area (Å²) in [6, 6.07) is 5.76. The molecule has 1 aromatic rings. The van der Waals surface area contributed by atoms with Gasteiger partial charge in [-0.25, -0.2) is 9.11 Å². The van der Waals surface area contributed by atoms with Crippen molar-refractivity contribution in [2.45, 2.75) is 43.9 Å². The maximum atomic E-state index is 13.1. The number of amides is 1. The van der Waals surface area contributed by atoms with Crippen LogP contribution in [-0.2, 0) is 20.4 Å². The van der Waals surface area contributed by atoms with Gasteiger partial charge in [-0.1, -0.05) is 25.0 Å². The first-order valence-corrected chi connectivity index (χ1v) is 9.46. The van der Waals surface area contributed by atoms with E-state index in [0.717, 1.165) is 25.7 Å². The first-order chi connectivity index (χ1) is 10.9. The minimum atomic E-state index is -3.80. The van der Waals surface area contributed by atoms with Crippen molar-refractivity contribution in [3.63, 3.8) is 0 Å². The lowest BCUT2D eigenvalue weighted by atomic mass is 9.64. The van der Waals surface area contributed by atoms with Gasteiger partial charge in [-0.15, -0.1) is 0 Å². The highest BCUT2D eigenvalue weighted by Gasteiger charge is 2.47.